The van der Waals surface area contributed by atoms with Crippen LogP contribution in [0.5, 0.6) is 0 Å². The van der Waals surface area contributed by atoms with Gasteiger partial charge in [0, 0.05) is 49.7 Å². The van der Waals surface area contributed by atoms with Gasteiger partial charge in [-0.05, 0) is 61.4 Å². The number of aryl methyl sites for hydroxylation is 1. The number of hydrogen-bond donors (Lipinski definition) is 2. The van der Waals surface area contributed by atoms with E-state index < -0.39 is 0 Å². The summed E-state index contributed by atoms with van der Waals surface area (Å²) in [5.41, 5.74) is 10.4. The second kappa shape index (κ2) is 10.4. The largest absolute Gasteiger partial charge is 0.399 e. The normalized spacial score (nSPS) is 13.9. The van der Waals surface area contributed by atoms with Crippen molar-refractivity contribution in [3.8, 4) is 0 Å². The van der Waals surface area contributed by atoms with Crippen molar-refractivity contribution in [3.05, 3.63) is 94.8 Å². The lowest BCUT2D eigenvalue weighted by Crippen LogP contribution is -2.36. The topological polar surface area (TPSA) is 78.7 Å². The van der Waals surface area contributed by atoms with Crippen molar-refractivity contribution in [1.82, 2.24) is 10.2 Å². The number of nitrogens with one attached hydrogen (secondary N) is 1. The van der Waals surface area contributed by atoms with Crippen LogP contribution in [0.3, 0.4) is 0 Å². The lowest BCUT2D eigenvalue weighted by atomic mass is 10.1. The molecule has 0 saturated carbocycles. The van der Waals surface area contributed by atoms with E-state index in [2.05, 4.69) is 10.2 Å². The van der Waals surface area contributed by atoms with E-state index in [1.165, 1.54) is 12.1 Å². The first-order valence-corrected chi connectivity index (χ1v) is 11.4. The van der Waals surface area contributed by atoms with Crippen LogP contribution in [0, 0.1) is 12.7 Å². The summed E-state index contributed by atoms with van der Waals surface area (Å²) in [7, 11) is 0. The third kappa shape index (κ3) is 5.54. The minimum absolute atomic E-state index is 0.0245. The molecule has 0 aromatic heterocycles. The van der Waals surface area contributed by atoms with Crippen molar-refractivity contribution in [3.63, 3.8) is 0 Å². The van der Waals surface area contributed by atoms with Crippen LogP contribution in [-0.2, 0) is 6.54 Å². The Morgan fingerprint density at radius 2 is 1.68 bits per heavy atom. The fourth-order valence-electron chi connectivity index (χ4n) is 4.13. The number of nitrogens with two attached hydrogens (primary N) is 1. The van der Waals surface area contributed by atoms with Crippen LogP contribution in [-0.4, -0.2) is 42.9 Å². The maximum Gasteiger partial charge on any atom is 0.253 e. The monoisotopic (exact) mass is 460 g/mol. The van der Waals surface area contributed by atoms with E-state index in [4.69, 9.17) is 5.73 Å². The lowest BCUT2D eigenvalue weighted by Gasteiger charge is -2.26. The Morgan fingerprint density at radius 1 is 0.941 bits per heavy atom. The van der Waals surface area contributed by atoms with Gasteiger partial charge >= 0.3 is 0 Å². The fourth-order valence-corrected chi connectivity index (χ4v) is 4.13. The van der Waals surface area contributed by atoms with Gasteiger partial charge in [0.15, 0.2) is 0 Å². The van der Waals surface area contributed by atoms with Gasteiger partial charge in [0.2, 0.25) is 0 Å². The highest BCUT2D eigenvalue weighted by Gasteiger charge is 2.23. The van der Waals surface area contributed by atoms with Crippen molar-refractivity contribution in [2.45, 2.75) is 19.9 Å². The van der Waals surface area contributed by atoms with E-state index in [0.29, 0.717) is 36.4 Å². The molecule has 34 heavy (non-hydrogen) atoms. The molecule has 2 amide bonds. The van der Waals surface area contributed by atoms with E-state index in [1.54, 1.807) is 24.3 Å². The summed E-state index contributed by atoms with van der Waals surface area (Å²) in [5, 5.41) is 2.90. The molecule has 0 radical (unpaired) electrons. The summed E-state index contributed by atoms with van der Waals surface area (Å²) in [6, 6.07) is 19.0. The first-order valence-electron chi connectivity index (χ1n) is 11.4. The van der Waals surface area contributed by atoms with Crippen LogP contribution >= 0.6 is 0 Å². The Bertz CT molecular complexity index is 1160. The number of nitrogens with zero attached hydrogens (tertiary/aromatic N) is 2. The van der Waals surface area contributed by atoms with Crippen LogP contribution in [0.2, 0.25) is 0 Å². The quantitative estimate of drug-likeness (QED) is 0.564. The average molecular weight is 461 g/mol. The molecule has 3 aromatic rings. The van der Waals surface area contributed by atoms with Crippen LogP contribution in [0.4, 0.5) is 15.8 Å². The summed E-state index contributed by atoms with van der Waals surface area (Å²) < 4.78 is 13.1. The highest BCUT2D eigenvalue weighted by Crippen LogP contribution is 2.25. The zero-order valence-corrected chi connectivity index (χ0v) is 19.3. The number of hydrogen-bond acceptors (Lipinski definition) is 4. The summed E-state index contributed by atoms with van der Waals surface area (Å²) in [5.74, 6) is -0.538. The second-order valence-electron chi connectivity index (χ2n) is 8.58. The third-order valence-corrected chi connectivity index (χ3v) is 6.05. The summed E-state index contributed by atoms with van der Waals surface area (Å²) in [6.45, 7) is 4.84. The molecule has 0 bridgehead atoms. The first kappa shape index (κ1) is 23.3. The molecule has 0 atom stereocenters. The smallest absolute Gasteiger partial charge is 0.253 e. The van der Waals surface area contributed by atoms with Gasteiger partial charge < -0.3 is 20.9 Å². The molecule has 1 fully saturated rings. The molecular formula is C27H29FN4O2. The van der Waals surface area contributed by atoms with Gasteiger partial charge in [-0.15, -0.1) is 0 Å². The second-order valence-corrected chi connectivity index (χ2v) is 8.58. The molecule has 1 heterocycles. The predicted octanol–water partition coefficient (Wildman–Crippen LogP) is 4.00. The van der Waals surface area contributed by atoms with Gasteiger partial charge in [-0.25, -0.2) is 4.39 Å². The number of anilines is 2. The van der Waals surface area contributed by atoms with E-state index in [0.717, 1.165) is 29.8 Å². The Kier molecular flexibility index (Phi) is 7.11. The maximum atomic E-state index is 13.1. The minimum atomic E-state index is -0.315. The van der Waals surface area contributed by atoms with E-state index >= 15 is 0 Å². The number of benzene rings is 3. The fraction of sp³-hybridized carbons (Fsp3) is 0.259. The van der Waals surface area contributed by atoms with Crippen LogP contribution in [0.25, 0.3) is 0 Å². The van der Waals surface area contributed by atoms with Crippen molar-refractivity contribution in [1.29, 1.82) is 0 Å². The number of carbonyl (C=O) groups is 2. The predicted molar refractivity (Wildman–Crippen MR) is 132 cm³/mol. The highest BCUT2D eigenvalue weighted by molar-refractivity contribution is 6.00. The van der Waals surface area contributed by atoms with Gasteiger partial charge in [-0.3, -0.25) is 9.59 Å². The Balaban J connectivity index is 1.46. The molecule has 1 saturated heterocycles. The third-order valence-electron chi connectivity index (χ3n) is 6.05. The van der Waals surface area contributed by atoms with Crippen LogP contribution in [0.1, 0.15) is 38.3 Å². The molecule has 6 nitrogen and oxygen atoms in total. The molecule has 4 rings (SSSR count). The van der Waals surface area contributed by atoms with Gasteiger partial charge in [0.25, 0.3) is 11.8 Å². The Hall–Kier alpha value is -3.87. The molecule has 0 spiro atoms. The van der Waals surface area contributed by atoms with Gasteiger partial charge in [0.05, 0.1) is 5.56 Å². The van der Waals surface area contributed by atoms with Gasteiger partial charge in [0.1, 0.15) is 5.82 Å². The Morgan fingerprint density at radius 3 is 2.41 bits per heavy atom. The molecule has 3 aromatic carbocycles. The number of carbonyl (C=O) groups excluding carboxylic acids is 2. The van der Waals surface area contributed by atoms with Crippen LogP contribution < -0.4 is 16.0 Å². The molecule has 7 heteroatoms. The molecule has 176 valence electrons. The standard InChI is InChI=1S/C27H29FN4O2/c1-19-3-7-21(8-4-19)27(34)32-14-2-13-31(15-16-32)25-12-11-23(29)17-24(25)26(33)30-18-20-5-9-22(28)10-6-20/h3-12,17H,2,13-16,18,29H2,1H3,(H,30,33). The molecule has 1 aliphatic heterocycles. The number of amides is 2. The van der Waals surface area contributed by atoms with Crippen molar-refractivity contribution >= 4 is 23.2 Å². The van der Waals surface area contributed by atoms with Crippen molar-refractivity contribution < 1.29 is 14.0 Å². The first-order chi connectivity index (χ1) is 16.4. The van der Waals surface area contributed by atoms with Crippen LogP contribution in [0.15, 0.2) is 66.7 Å². The summed E-state index contributed by atoms with van der Waals surface area (Å²) in [6.07, 6.45) is 0.790. The number of halogens is 1. The average Bonchev–Trinajstić information content (AvgIpc) is 3.10. The zero-order chi connectivity index (χ0) is 24.1. The van der Waals surface area contributed by atoms with E-state index in [9.17, 15) is 14.0 Å². The van der Waals surface area contributed by atoms with Gasteiger partial charge in [-0.2, -0.15) is 0 Å². The minimum Gasteiger partial charge on any atom is -0.399 e. The zero-order valence-electron chi connectivity index (χ0n) is 19.3. The molecule has 3 N–H and O–H groups in total. The molecule has 0 unspecified atom stereocenters. The number of rotatable bonds is 5. The molecule has 0 aliphatic carbocycles. The van der Waals surface area contributed by atoms with Crippen molar-refractivity contribution in [2.75, 3.05) is 36.8 Å². The molecular weight excluding hydrogens is 431 g/mol. The maximum absolute atomic E-state index is 13.1. The number of nitrogen functional groups attached to an aromatic ring is 1. The SMILES string of the molecule is Cc1ccc(C(=O)N2CCCN(c3ccc(N)cc3C(=O)NCc3ccc(F)cc3)CC2)cc1. The Labute approximate surface area is 199 Å². The molecule has 1 aliphatic rings. The summed E-state index contributed by atoms with van der Waals surface area (Å²) >= 11 is 0. The lowest BCUT2D eigenvalue weighted by molar-refractivity contribution is 0.0766. The van der Waals surface area contributed by atoms with E-state index in [1.807, 2.05) is 42.2 Å². The van der Waals surface area contributed by atoms with Crippen molar-refractivity contribution in [2.24, 2.45) is 0 Å². The summed E-state index contributed by atoms with van der Waals surface area (Å²) in [4.78, 5) is 30.0. The van der Waals surface area contributed by atoms with Gasteiger partial charge in [-0.1, -0.05) is 29.8 Å². The van der Waals surface area contributed by atoms with E-state index in [-0.39, 0.29) is 24.2 Å². The highest BCUT2D eigenvalue weighted by atomic mass is 19.1.